The van der Waals surface area contributed by atoms with Gasteiger partial charge < -0.3 is 24.5 Å². The maximum atomic E-state index is 13.2. The molecule has 0 amide bonds. The van der Waals surface area contributed by atoms with Gasteiger partial charge in [-0.2, -0.15) is 5.10 Å². The van der Waals surface area contributed by atoms with Crippen molar-refractivity contribution < 1.29 is 37.4 Å². The van der Waals surface area contributed by atoms with E-state index in [0.29, 0.717) is 11.2 Å². The lowest BCUT2D eigenvalue weighted by Crippen LogP contribution is -2.47. The highest BCUT2D eigenvalue weighted by atomic mass is 31.2. The van der Waals surface area contributed by atoms with Crippen molar-refractivity contribution in [2.75, 3.05) is 19.4 Å². The zero-order valence-corrected chi connectivity index (χ0v) is 25.1. The van der Waals surface area contributed by atoms with E-state index >= 15 is 0 Å². The van der Waals surface area contributed by atoms with E-state index in [1.54, 1.807) is 24.3 Å². The second-order valence-corrected chi connectivity index (χ2v) is 12.3. The van der Waals surface area contributed by atoms with Crippen LogP contribution >= 0.6 is 7.75 Å². The zero-order chi connectivity index (χ0) is 30.9. The van der Waals surface area contributed by atoms with Crippen LogP contribution < -0.4 is 15.8 Å². The monoisotopic (exact) mass is 602 g/mol. The summed E-state index contributed by atoms with van der Waals surface area (Å²) in [6.45, 7) is 8.11. The molecule has 4 rings (SSSR count). The van der Waals surface area contributed by atoms with Crippen molar-refractivity contribution in [2.45, 2.75) is 63.9 Å². The third-order valence-corrected chi connectivity index (χ3v) is 7.58. The largest absolute Gasteiger partial charge is 0.456 e. The van der Waals surface area contributed by atoms with Gasteiger partial charge in [0.25, 0.3) is 0 Å². The Labute approximate surface area is 242 Å². The zero-order valence-electron chi connectivity index (χ0n) is 24.2. The third kappa shape index (κ3) is 6.46. The molecule has 1 saturated heterocycles. The third-order valence-electron chi connectivity index (χ3n) is 6.60. The van der Waals surface area contributed by atoms with Crippen LogP contribution in [0.15, 0.2) is 47.7 Å². The first-order chi connectivity index (χ1) is 19.7. The first kappa shape index (κ1) is 31.1. The number of rotatable bonds is 9. The van der Waals surface area contributed by atoms with Gasteiger partial charge in [0.05, 0.1) is 12.3 Å². The molecule has 14 nitrogen and oxygen atoms in total. The SMILES string of the molecule is CN=C[C@@]1(c2ccc3c(N)ncnn23)O[C@H](COP(N)(=O)Oc2ccc(C(C)(C)C)cc2)[C@@H](OC(C)=O)[C@H]1OC(C)=O. The van der Waals surface area contributed by atoms with Crippen LogP contribution in [0, 0.1) is 0 Å². The van der Waals surface area contributed by atoms with E-state index in [4.69, 9.17) is 34.5 Å². The minimum Gasteiger partial charge on any atom is -0.456 e. The fourth-order valence-electron chi connectivity index (χ4n) is 4.80. The number of ether oxygens (including phenoxy) is 3. The first-order valence-electron chi connectivity index (χ1n) is 13.0. The maximum Gasteiger partial charge on any atom is 0.456 e. The number of aromatic nitrogens is 3. The molecule has 0 aliphatic carbocycles. The van der Waals surface area contributed by atoms with Gasteiger partial charge in [-0.3, -0.25) is 19.1 Å². The summed E-state index contributed by atoms with van der Waals surface area (Å²) < 4.78 is 43.3. The second-order valence-electron chi connectivity index (χ2n) is 10.8. The van der Waals surface area contributed by atoms with Crippen molar-refractivity contribution in [3.8, 4) is 5.75 Å². The lowest BCUT2D eigenvalue weighted by atomic mass is 9.87. The molecule has 15 heteroatoms. The molecule has 0 bridgehead atoms. The van der Waals surface area contributed by atoms with E-state index in [-0.39, 0.29) is 17.0 Å². The van der Waals surface area contributed by atoms with Gasteiger partial charge in [0.2, 0.25) is 0 Å². The summed E-state index contributed by atoms with van der Waals surface area (Å²) in [6, 6.07) is 10.3. The van der Waals surface area contributed by atoms with Gasteiger partial charge in [-0.05, 0) is 35.2 Å². The van der Waals surface area contributed by atoms with Crippen LogP contribution in [-0.4, -0.2) is 64.7 Å². The molecule has 2 aromatic heterocycles. The van der Waals surface area contributed by atoms with E-state index < -0.39 is 50.2 Å². The highest BCUT2D eigenvalue weighted by Crippen LogP contribution is 2.46. The van der Waals surface area contributed by atoms with Crippen LogP contribution in [0.4, 0.5) is 5.82 Å². The molecular formula is C27H35N6O8P. The fraction of sp³-hybridized carbons (Fsp3) is 0.444. The summed E-state index contributed by atoms with van der Waals surface area (Å²) in [7, 11) is -2.71. The number of nitrogens with zero attached hydrogens (tertiary/aromatic N) is 4. The van der Waals surface area contributed by atoms with Gasteiger partial charge in [-0.1, -0.05) is 32.9 Å². The molecule has 226 valence electrons. The molecule has 1 aliphatic heterocycles. The van der Waals surface area contributed by atoms with Gasteiger partial charge in [0.1, 0.15) is 23.7 Å². The smallest absolute Gasteiger partial charge is 0.456 e. The molecule has 1 aromatic carbocycles. The second kappa shape index (κ2) is 11.8. The summed E-state index contributed by atoms with van der Waals surface area (Å²) in [4.78, 5) is 32.6. The summed E-state index contributed by atoms with van der Waals surface area (Å²) in [5.41, 5.74) is 12.0. The number of hydrogen-bond donors (Lipinski definition) is 2. The van der Waals surface area contributed by atoms with Gasteiger partial charge in [-0.25, -0.2) is 19.6 Å². The number of hydrogen-bond acceptors (Lipinski definition) is 12. The minimum absolute atomic E-state index is 0.0944. The van der Waals surface area contributed by atoms with Gasteiger partial charge in [-0.15, -0.1) is 0 Å². The number of anilines is 1. The predicted octanol–water partition coefficient (Wildman–Crippen LogP) is 2.93. The number of fused-ring (bicyclic) bond motifs is 1. The van der Waals surface area contributed by atoms with Crippen LogP contribution in [0.25, 0.3) is 5.52 Å². The highest BCUT2D eigenvalue weighted by Gasteiger charge is 2.61. The molecule has 1 aliphatic rings. The van der Waals surface area contributed by atoms with E-state index in [0.717, 1.165) is 5.56 Å². The van der Waals surface area contributed by atoms with E-state index in [9.17, 15) is 14.2 Å². The summed E-state index contributed by atoms with van der Waals surface area (Å²) in [5, 5.41) is 4.27. The predicted molar refractivity (Wildman–Crippen MR) is 153 cm³/mol. The number of nitrogen functional groups attached to an aromatic ring is 1. The van der Waals surface area contributed by atoms with Crippen LogP contribution in [0.2, 0.25) is 0 Å². The van der Waals surface area contributed by atoms with Crippen LogP contribution in [0.3, 0.4) is 0 Å². The molecule has 0 radical (unpaired) electrons. The summed E-state index contributed by atoms with van der Waals surface area (Å²) in [6.07, 6.45) is -1.01. The Balaban J connectivity index is 1.68. The topological polar surface area (TPSA) is 192 Å². The Hall–Kier alpha value is -3.84. The number of nitrogens with two attached hydrogens (primary N) is 2. The summed E-state index contributed by atoms with van der Waals surface area (Å²) in [5.74, 6) is -0.944. The Bertz CT molecular complexity index is 1540. The normalized spacial score (nSPS) is 24.0. The van der Waals surface area contributed by atoms with Gasteiger partial charge in [0, 0.05) is 27.1 Å². The Morgan fingerprint density at radius 1 is 1.14 bits per heavy atom. The van der Waals surface area contributed by atoms with Gasteiger partial charge in [0.15, 0.2) is 23.6 Å². The average Bonchev–Trinajstić information content (AvgIpc) is 3.44. The lowest BCUT2D eigenvalue weighted by Gasteiger charge is -2.30. The number of carbonyl (C=O) groups is 2. The average molecular weight is 603 g/mol. The fourth-order valence-corrected chi connectivity index (χ4v) is 5.62. The molecule has 1 unspecified atom stereocenters. The van der Waals surface area contributed by atoms with Crippen LogP contribution in [0.5, 0.6) is 5.75 Å². The van der Waals surface area contributed by atoms with E-state index in [1.165, 1.54) is 38.0 Å². The lowest BCUT2D eigenvalue weighted by molar-refractivity contribution is -0.165. The van der Waals surface area contributed by atoms with Crippen molar-refractivity contribution in [3.05, 3.63) is 54.0 Å². The Kier molecular flexibility index (Phi) is 8.74. The van der Waals surface area contributed by atoms with E-state index in [1.807, 2.05) is 12.1 Å². The van der Waals surface area contributed by atoms with Crippen molar-refractivity contribution in [1.29, 1.82) is 0 Å². The first-order valence-corrected chi connectivity index (χ1v) is 14.7. The number of esters is 2. The standard InChI is InChI=1S/C27H35N6O8P/c1-16(34)38-23-21(13-37-42(29,36)41-19-9-7-18(8-10-19)26(3,4)5)40-27(14-30-6,24(23)39-17(2)35)22-12-11-20-25(28)31-15-32-33(20)22/h7-12,14-15,21,23-24H,13H2,1-6H3,(H2,29,36)(H2,28,31,32)/t21-,23-,24-,27+,42?/m1/s1. The number of benzene rings is 1. The van der Waals surface area contributed by atoms with E-state index in [2.05, 4.69) is 35.8 Å². The van der Waals surface area contributed by atoms with Crippen LogP contribution in [-0.2, 0) is 43.9 Å². The molecule has 0 spiro atoms. The molecule has 0 saturated carbocycles. The van der Waals surface area contributed by atoms with Crippen molar-refractivity contribution in [2.24, 2.45) is 10.5 Å². The molecule has 5 atom stereocenters. The molecular weight excluding hydrogens is 567 g/mol. The van der Waals surface area contributed by atoms with Crippen LogP contribution in [0.1, 0.15) is 45.9 Å². The highest BCUT2D eigenvalue weighted by molar-refractivity contribution is 7.51. The van der Waals surface area contributed by atoms with Crippen molar-refractivity contribution in [3.63, 3.8) is 0 Å². The molecule has 1 fully saturated rings. The Morgan fingerprint density at radius 3 is 2.40 bits per heavy atom. The molecule has 4 N–H and O–H groups in total. The van der Waals surface area contributed by atoms with Gasteiger partial charge >= 0.3 is 19.7 Å². The maximum absolute atomic E-state index is 13.2. The molecule has 3 heterocycles. The van der Waals surface area contributed by atoms with Crippen molar-refractivity contribution >= 4 is 37.2 Å². The molecule has 42 heavy (non-hydrogen) atoms. The van der Waals surface area contributed by atoms with Crippen molar-refractivity contribution in [1.82, 2.24) is 14.6 Å². The Morgan fingerprint density at radius 2 is 1.81 bits per heavy atom. The quantitative estimate of drug-likeness (QED) is 0.207. The number of aliphatic imine (C=N–C) groups is 1. The molecule has 3 aromatic rings. The summed E-state index contributed by atoms with van der Waals surface area (Å²) >= 11 is 0. The number of carbonyl (C=O) groups excluding carboxylic acids is 2. The minimum atomic E-state index is -4.20.